The average Bonchev–Trinajstić information content (AvgIpc) is 3.44. The molecule has 2 saturated heterocycles. The van der Waals surface area contributed by atoms with Gasteiger partial charge < -0.3 is 14.7 Å². The van der Waals surface area contributed by atoms with E-state index in [2.05, 4.69) is 27.4 Å². The number of nitrogens with zero attached hydrogens (tertiary/aromatic N) is 4. The van der Waals surface area contributed by atoms with E-state index in [4.69, 9.17) is 4.52 Å². The molecule has 5 rings (SSSR count). The van der Waals surface area contributed by atoms with Gasteiger partial charge in [0.05, 0.1) is 6.04 Å². The predicted molar refractivity (Wildman–Crippen MR) is 122 cm³/mol. The first-order valence-electron chi connectivity index (χ1n) is 11.4. The highest BCUT2D eigenvalue weighted by Crippen LogP contribution is 2.47. The van der Waals surface area contributed by atoms with E-state index in [9.17, 15) is 9.18 Å². The number of aromatic nitrogens is 2. The summed E-state index contributed by atoms with van der Waals surface area (Å²) in [6, 6.07) is 16.1. The van der Waals surface area contributed by atoms with Crippen LogP contribution < -0.4 is 5.32 Å². The van der Waals surface area contributed by atoms with Gasteiger partial charge in [-0.2, -0.15) is 4.98 Å². The van der Waals surface area contributed by atoms with E-state index in [0.29, 0.717) is 12.4 Å². The highest BCUT2D eigenvalue weighted by atomic mass is 19.1. The Balaban J connectivity index is 1.17. The first kappa shape index (κ1) is 21.6. The number of amides is 2. The normalized spacial score (nSPS) is 20.3. The van der Waals surface area contributed by atoms with Crippen molar-refractivity contribution in [3.8, 4) is 11.5 Å². The van der Waals surface area contributed by atoms with Crippen LogP contribution in [0.4, 0.5) is 9.18 Å². The van der Waals surface area contributed by atoms with Crippen LogP contribution in [0.2, 0.25) is 0 Å². The molecule has 1 unspecified atom stereocenters. The molecule has 1 aromatic heterocycles. The number of likely N-dealkylation sites (tertiary alicyclic amines) is 2. The molecule has 3 heterocycles. The summed E-state index contributed by atoms with van der Waals surface area (Å²) in [6.07, 6.45) is 2.85. The van der Waals surface area contributed by atoms with E-state index in [1.165, 1.54) is 12.1 Å². The van der Waals surface area contributed by atoms with Gasteiger partial charge in [0, 0.05) is 31.7 Å². The van der Waals surface area contributed by atoms with Gasteiger partial charge in [0.15, 0.2) is 5.82 Å². The first-order chi connectivity index (χ1) is 16.0. The summed E-state index contributed by atoms with van der Waals surface area (Å²) < 4.78 is 18.6. The van der Waals surface area contributed by atoms with E-state index < -0.39 is 0 Å². The van der Waals surface area contributed by atoms with E-state index in [1.54, 1.807) is 12.1 Å². The molecule has 0 bridgehead atoms. The zero-order valence-electron chi connectivity index (χ0n) is 18.7. The summed E-state index contributed by atoms with van der Waals surface area (Å²) >= 11 is 0. The Bertz CT molecular complexity index is 1090. The number of nitrogens with one attached hydrogen (secondary N) is 1. The topological polar surface area (TPSA) is 74.5 Å². The smallest absolute Gasteiger partial charge is 0.317 e. The SMILES string of the molecule is CN1CC2(CCN(C(=O)NCc3ccc(F)cc3)CC2)CC1c1noc(-c2ccccc2)n1. The molecule has 2 aromatic carbocycles. The number of rotatable bonds is 4. The largest absolute Gasteiger partial charge is 0.334 e. The molecule has 1 N–H and O–H groups in total. The number of urea groups is 1. The lowest BCUT2D eigenvalue weighted by atomic mass is 9.76. The molecule has 3 aromatic rings. The molecule has 2 amide bonds. The summed E-state index contributed by atoms with van der Waals surface area (Å²) in [5, 5.41) is 7.23. The van der Waals surface area contributed by atoms with Crippen LogP contribution in [0.3, 0.4) is 0 Å². The number of benzene rings is 2. The second-order valence-electron chi connectivity index (χ2n) is 9.23. The Morgan fingerprint density at radius 3 is 2.61 bits per heavy atom. The number of hydrogen-bond acceptors (Lipinski definition) is 5. The predicted octanol–water partition coefficient (Wildman–Crippen LogP) is 4.24. The van der Waals surface area contributed by atoms with Gasteiger partial charge in [0.2, 0.25) is 0 Å². The number of hydrogen-bond donors (Lipinski definition) is 1. The van der Waals surface area contributed by atoms with Crippen molar-refractivity contribution in [2.75, 3.05) is 26.7 Å². The molecule has 33 heavy (non-hydrogen) atoms. The molecule has 172 valence electrons. The molecule has 2 aliphatic rings. The van der Waals surface area contributed by atoms with Gasteiger partial charge in [0.25, 0.3) is 5.89 Å². The molecule has 7 nitrogen and oxygen atoms in total. The molecule has 2 aliphatic heterocycles. The van der Waals surface area contributed by atoms with Crippen LogP contribution in [-0.2, 0) is 6.54 Å². The van der Waals surface area contributed by atoms with Crippen LogP contribution in [0.1, 0.15) is 36.7 Å². The maximum Gasteiger partial charge on any atom is 0.317 e. The molecule has 8 heteroatoms. The zero-order chi connectivity index (χ0) is 22.8. The number of halogens is 1. The fraction of sp³-hybridized carbons (Fsp3) is 0.400. The Labute approximate surface area is 192 Å². The number of piperidine rings is 1. The summed E-state index contributed by atoms with van der Waals surface area (Å²) in [5.41, 5.74) is 1.96. The van der Waals surface area contributed by atoms with Crippen molar-refractivity contribution in [2.45, 2.75) is 31.8 Å². The Hall–Kier alpha value is -3.26. The minimum atomic E-state index is -0.275. The standard InChI is InChI=1S/C25H28FN5O2/c1-30-17-25(15-21(30)22-28-23(33-29-22)19-5-3-2-4-6-19)11-13-31(14-12-25)24(32)27-16-18-7-9-20(26)10-8-18/h2-10,21H,11-17H2,1H3,(H,27,32). The average molecular weight is 450 g/mol. The van der Waals surface area contributed by atoms with E-state index in [-0.39, 0.29) is 23.3 Å². The summed E-state index contributed by atoms with van der Waals surface area (Å²) in [7, 11) is 2.11. The molecular formula is C25H28FN5O2. The van der Waals surface area contributed by atoms with Crippen LogP contribution in [0.5, 0.6) is 0 Å². The maximum absolute atomic E-state index is 13.1. The maximum atomic E-state index is 13.1. The molecule has 0 aliphatic carbocycles. The van der Waals surface area contributed by atoms with Crippen molar-refractivity contribution >= 4 is 6.03 Å². The molecule has 1 spiro atoms. The van der Waals surface area contributed by atoms with Crippen molar-refractivity contribution in [3.63, 3.8) is 0 Å². The second kappa shape index (κ2) is 8.94. The monoisotopic (exact) mass is 449 g/mol. The minimum Gasteiger partial charge on any atom is -0.334 e. The van der Waals surface area contributed by atoms with Crippen LogP contribution >= 0.6 is 0 Å². The molecule has 1 atom stereocenters. The van der Waals surface area contributed by atoms with E-state index in [0.717, 1.165) is 55.8 Å². The molecule has 0 radical (unpaired) electrons. The Morgan fingerprint density at radius 1 is 1.15 bits per heavy atom. The summed E-state index contributed by atoms with van der Waals surface area (Å²) in [5.74, 6) is 1.00. The van der Waals surface area contributed by atoms with Crippen molar-refractivity contribution < 1.29 is 13.7 Å². The van der Waals surface area contributed by atoms with Gasteiger partial charge in [-0.3, -0.25) is 4.90 Å². The highest BCUT2D eigenvalue weighted by molar-refractivity contribution is 5.74. The lowest BCUT2D eigenvalue weighted by Crippen LogP contribution is -2.47. The fourth-order valence-electron chi connectivity index (χ4n) is 5.06. The quantitative estimate of drug-likeness (QED) is 0.645. The third-order valence-corrected chi connectivity index (χ3v) is 6.97. The Kier molecular flexibility index (Phi) is 5.85. The lowest BCUT2D eigenvalue weighted by Gasteiger charge is -2.39. The van der Waals surface area contributed by atoms with Crippen molar-refractivity contribution in [3.05, 3.63) is 71.8 Å². The Morgan fingerprint density at radius 2 is 1.88 bits per heavy atom. The van der Waals surface area contributed by atoms with Gasteiger partial charge >= 0.3 is 6.03 Å². The van der Waals surface area contributed by atoms with Gasteiger partial charge in [-0.15, -0.1) is 0 Å². The summed E-state index contributed by atoms with van der Waals surface area (Å²) in [6.45, 7) is 2.79. The van der Waals surface area contributed by atoms with E-state index in [1.807, 2.05) is 35.2 Å². The highest BCUT2D eigenvalue weighted by Gasteiger charge is 2.46. The fourth-order valence-corrected chi connectivity index (χ4v) is 5.06. The van der Waals surface area contributed by atoms with Gasteiger partial charge in [0.1, 0.15) is 5.82 Å². The zero-order valence-corrected chi connectivity index (χ0v) is 18.7. The number of carbonyl (C=O) groups excluding carboxylic acids is 1. The first-order valence-corrected chi connectivity index (χ1v) is 11.4. The molecule has 2 fully saturated rings. The van der Waals surface area contributed by atoms with Crippen molar-refractivity contribution in [1.29, 1.82) is 0 Å². The van der Waals surface area contributed by atoms with Gasteiger partial charge in [-0.05, 0) is 61.6 Å². The van der Waals surface area contributed by atoms with Crippen LogP contribution in [0, 0.1) is 11.2 Å². The lowest BCUT2D eigenvalue weighted by molar-refractivity contribution is 0.122. The minimum absolute atomic E-state index is 0.0669. The number of carbonyl (C=O) groups is 1. The van der Waals surface area contributed by atoms with Crippen LogP contribution in [0.15, 0.2) is 59.1 Å². The van der Waals surface area contributed by atoms with Gasteiger partial charge in [-0.25, -0.2) is 9.18 Å². The van der Waals surface area contributed by atoms with Crippen molar-refractivity contribution in [1.82, 2.24) is 25.3 Å². The third kappa shape index (κ3) is 4.61. The van der Waals surface area contributed by atoms with Crippen LogP contribution in [0.25, 0.3) is 11.5 Å². The van der Waals surface area contributed by atoms with Gasteiger partial charge in [-0.1, -0.05) is 35.5 Å². The molecular weight excluding hydrogens is 421 g/mol. The third-order valence-electron chi connectivity index (χ3n) is 6.97. The van der Waals surface area contributed by atoms with E-state index >= 15 is 0 Å². The molecule has 0 saturated carbocycles. The second-order valence-corrected chi connectivity index (χ2v) is 9.23. The summed E-state index contributed by atoms with van der Waals surface area (Å²) in [4.78, 5) is 21.5. The van der Waals surface area contributed by atoms with Crippen molar-refractivity contribution in [2.24, 2.45) is 5.41 Å². The van der Waals surface area contributed by atoms with Crippen LogP contribution in [-0.4, -0.2) is 52.7 Å².